The van der Waals surface area contributed by atoms with Crippen molar-refractivity contribution < 1.29 is 8.78 Å². The van der Waals surface area contributed by atoms with Crippen LogP contribution >= 0.6 is 11.6 Å². The Bertz CT molecular complexity index is 911. The van der Waals surface area contributed by atoms with Gasteiger partial charge in [0.15, 0.2) is 5.82 Å². The highest BCUT2D eigenvalue weighted by atomic mass is 35.5. The Hall–Kier alpha value is -2.65. The SMILES string of the molecule is N#Cc1ccc(Cl)cc1-n1c(N)nc2c(F)cc(F)cc21. The summed E-state index contributed by atoms with van der Waals surface area (Å²) in [5.74, 6) is -1.65. The number of nitriles is 1. The molecule has 0 unspecified atom stereocenters. The van der Waals surface area contributed by atoms with Crippen LogP contribution in [0.5, 0.6) is 0 Å². The summed E-state index contributed by atoms with van der Waals surface area (Å²) in [7, 11) is 0. The summed E-state index contributed by atoms with van der Waals surface area (Å²) in [5.41, 5.74) is 6.42. The standard InChI is InChI=1S/C14H7ClF2N4/c15-8-2-1-7(6-18)11(3-8)21-12-5-9(16)4-10(17)13(12)20-14(21)19/h1-5H,(H2,19,20). The van der Waals surface area contributed by atoms with Gasteiger partial charge in [-0.15, -0.1) is 0 Å². The van der Waals surface area contributed by atoms with Gasteiger partial charge in [0.2, 0.25) is 5.95 Å². The molecule has 0 spiro atoms. The first-order valence-corrected chi connectivity index (χ1v) is 6.22. The Morgan fingerprint density at radius 3 is 2.71 bits per heavy atom. The second-order valence-electron chi connectivity index (χ2n) is 4.33. The fourth-order valence-electron chi connectivity index (χ4n) is 2.16. The predicted molar refractivity (Wildman–Crippen MR) is 75.1 cm³/mol. The van der Waals surface area contributed by atoms with Crippen LogP contribution in [0.15, 0.2) is 30.3 Å². The van der Waals surface area contributed by atoms with Gasteiger partial charge in [-0.25, -0.2) is 13.8 Å². The number of nitrogens with zero attached hydrogens (tertiary/aromatic N) is 3. The van der Waals surface area contributed by atoms with Crippen molar-refractivity contribution in [2.45, 2.75) is 0 Å². The molecule has 0 atom stereocenters. The lowest BCUT2D eigenvalue weighted by molar-refractivity contribution is 0.590. The molecular formula is C14H7ClF2N4. The van der Waals surface area contributed by atoms with Crippen molar-refractivity contribution in [3.8, 4) is 11.8 Å². The summed E-state index contributed by atoms with van der Waals surface area (Å²) in [5, 5.41) is 9.53. The smallest absolute Gasteiger partial charge is 0.206 e. The van der Waals surface area contributed by atoms with E-state index in [1.165, 1.54) is 16.7 Å². The van der Waals surface area contributed by atoms with E-state index < -0.39 is 11.6 Å². The number of anilines is 1. The number of hydrogen-bond acceptors (Lipinski definition) is 3. The Labute approximate surface area is 123 Å². The number of halogens is 3. The number of benzene rings is 2. The summed E-state index contributed by atoms with van der Waals surface area (Å²) in [6.07, 6.45) is 0. The maximum atomic E-state index is 13.8. The minimum atomic E-state index is -0.823. The fourth-order valence-corrected chi connectivity index (χ4v) is 2.33. The van der Waals surface area contributed by atoms with Gasteiger partial charge in [-0.05, 0) is 18.2 Å². The van der Waals surface area contributed by atoms with Gasteiger partial charge in [0.05, 0.1) is 16.8 Å². The number of nitrogen functional groups attached to an aromatic ring is 1. The molecule has 104 valence electrons. The number of aromatic nitrogens is 2. The van der Waals surface area contributed by atoms with Gasteiger partial charge in [-0.3, -0.25) is 4.57 Å². The lowest BCUT2D eigenvalue weighted by atomic mass is 10.2. The Balaban J connectivity index is 2.44. The van der Waals surface area contributed by atoms with Crippen LogP contribution in [0.2, 0.25) is 5.02 Å². The molecule has 0 radical (unpaired) electrons. The molecule has 3 rings (SSSR count). The number of fused-ring (bicyclic) bond motifs is 1. The molecule has 2 aromatic carbocycles. The molecule has 0 saturated carbocycles. The quantitative estimate of drug-likeness (QED) is 0.749. The monoisotopic (exact) mass is 304 g/mol. The number of imidazole rings is 1. The molecule has 4 nitrogen and oxygen atoms in total. The number of hydrogen-bond donors (Lipinski definition) is 1. The molecule has 7 heteroatoms. The van der Waals surface area contributed by atoms with Crippen molar-refractivity contribution in [3.05, 3.63) is 52.6 Å². The van der Waals surface area contributed by atoms with Crippen molar-refractivity contribution in [2.24, 2.45) is 0 Å². The van der Waals surface area contributed by atoms with E-state index in [0.29, 0.717) is 10.7 Å². The average molecular weight is 305 g/mol. The third-order valence-corrected chi connectivity index (χ3v) is 3.26. The van der Waals surface area contributed by atoms with E-state index in [4.69, 9.17) is 22.6 Å². The zero-order chi connectivity index (χ0) is 15.1. The molecule has 0 aliphatic heterocycles. The summed E-state index contributed by atoms with van der Waals surface area (Å²) in [6, 6.07) is 8.33. The minimum Gasteiger partial charge on any atom is -0.369 e. The summed E-state index contributed by atoms with van der Waals surface area (Å²) < 4.78 is 28.5. The van der Waals surface area contributed by atoms with Crippen LogP contribution < -0.4 is 5.73 Å². The summed E-state index contributed by atoms with van der Waals surface area (Å²) in [6.45, 7) is 0. The van der Waals surface area contributed by atoms with Crippen LogP contribution in [0.25, 0.3) is 16.7 Å². The fraction of sp³-hybridized carbons (Fsp3) is 0. The Morgan fingerprint density at radius 1 is 1.24 bits per heavy atom. The first-order chi connectivity index (χ1) is 10.0. The van der Waals surface area contributed by atoms with Crippen molar-refractivity contribution in [1.29, 1.82) is 5.26 Å². The van der Waals surface area contributed by atoms with E-state index in [9.17, 15) is 8.78 Å². The van der Waals surface area contributed by atoms with E-state index in [2.05, 4.69) is 4.98 Å². The van der Waals surface area contributed by atoms with E-state index in [0.717, 1.165) is 12.1 Å². The van der Waals surface area contributed by atoms with Gasteiger partial charge in [-0.1, -0.05) is 11.6 Å². The van der Waals surface area contributed by atoms with Gasteiger partial charge in [0, 0.05) is 17.2 Å². The topological polar surface area (TPSA) is 67.6 Å². The van der Waals surface area contributed by atoms with E-state index in [1.54, 1.807) is 6.07 Å². The second-order valence-corrected chi connectivity index (χ2v) is 4.77. The van der Waals surface area contributed by atoms with Gasteiger partial charge < -0.3 is 5.73 Å². The molecule has 1 heterocycles. The normalized spacial score (nSPS) is 10.8. The molecule has 1 aromatic heterocycles. The first kappa shape index (κ1) is 13.3. The van der Waals surface area contributed by atoms with Crippen molar-refractivity contribution >= 4 is 28.6 Å². The molecule has 0 fully saturated rings. The Kier molecular flexibility index (Phi) is 3.00. The molecule has 2 N–H and O–H groups in total. The van der Waals surface area contributed by atoms with E-state index in [1.807, 2.05) is 6.07 Å². The number of rotatable bonds is 1. The zero-order valence-electron chi connectivity index (χ0n) is 10.4. The zero-order valence-corrected chi connectivity index (χ0v) is 11.2. The van der Waals surface area contributed by atoms with Gasteiger partial charge >= 0.3 is 0 Å². The highest BCUT2D eigenvalue weighted by Gasteiger charge is 2.17. The minimum absolute atomic E-state index is 0.0618. The average Bonchev–Trinajstić information content (AvgIpc) is 2.75. The van der Waals surface area contributed by atoms with Crippen LogP contribution in [0.1, 0.15) is 5.56 Å². The highest BCUT2D eigenvalue weighted by Crippen LogP contribution is 2.29. The maximum Gasteiger partial charge on any atom is 0.206 e. The molecule has 0 amide bonds. The van der Waals surface area contributed by atoms with Crippen molar-refractivity contribution in [1.82, 2.24) is 9.55 Å². The third-order valence-electron chi connectivity index (χ3n) is 3.03. The Morgan fingerprint density at radius 2 is 2.00 bits per heavy atom. The summed E-state index contributed by atoms with van der Waals surface area (Å²) >= 11 is 5.92. The summed E-state index contributed by atoms with van der Waals surface area (Å²) in [4.78, 5) is 3.88. The molecule has 0 saturated heterocycles. The lowest BCUT2D eigenvalue weighted by Gasteiger charge is -2.09. The lowest BCUT2D eigenvalue weighted by Crippen LogP contribution is -2.03. The van der Waals surface area contributed by atoms with E-state index in [-0.39, 0.29) is 22.5 Å². The molecule has 21 heavy (non-hydrogen) atoms. The molecule has 0 aliphatic rings. The van der Waals surface area contributed by atoms with Crippen LogP contribution in [0.4, 0.5) is 14.7 Å². The molecule has 0 aliphatic carbocycles. The molecular weight excluding hydrogens is 298 g/mol. The maximum absolute atomic E-state index is 13.8. The second kappa shape index (κ2) is 4.72. The predicted octanol–water partition coefficient (Wildman–Crippen LogP) is 3.41. The van der Waals surface area contributed by atoms with Gasteiger partial charge in [0.25, 0.3) is 0 Å². The van der Waals surface area contributed by atoms with Crippen LogP contribution in [-0.2, 0) is 0 Å². The van der Waals surface area contributed by atoms with Crippen molar-refractivity contribution in [2.75, 3.05) is 5.73 Å². The largest absolute Gasteiger partial charge is 0.369 e. The highest BCUT2D eigenvalue weighted by molar-refractivity contribution is 6.30. The number of nitrogens with two attached hydrogens (primary N) is 1. The third kappa shape index (κ3) is 2.08. The first-order valence-electron chi connectivity index (χ1n) is 5.84. The van der Waals surface area contributed by atoms with Gasteiger partial charge in [-0.2, -0.15) is 5.26 Å². The van der Waals surface area contributed by atoms with Crippen LogP contribution in [0.3, 0.4) is 0 Å². The molecule has 0 bridgehead atoms. The van der Waals surface area contributed by atoms with Crippen LogP contribution in [0, 0.1) is 23.0 Å². The van der Waals surface area contributed by atoms with E-state index >= 15 is 0 Å². The van der Waals surface area contributed by atoms with Crippen molar-refractivity contribution in [3.63, 3.8) is 0 Å². The molecule has 3 aromatic rings. The van der Waals surface area contributed by atoms with Gasteiger partial charge in [0.1, 0.15) is 17.4 Å². The van der Waals surface area contributed by atoms with Crippen LogP contribution in [-0.4, -0.2) is 9.55 Å².